The molecule has 2 unspecified atom stereocenters. The monoisotopic (exact) mass is 374 g/mol. The molecule has 2 atom stereocenters. The van der Waals surface area contributed by atoms with Gasteiger partial charge in [-0.3, -0.25) is 4.90 Å². The highest BCUT2D eigenvalue weighted by Gasteiger charge is 2.30. The van der Waals surface area contributed by atoms with E-state index in [0.29, 0.717) is 24.0 Å². The van der Waals surface area contributed by atoms with Crippen LogP contribution in [0.3, 0.4) is 0 Å². The Morgan fingerprint density at radius 2 is 2.04 bits per heavy atom. The summed E-state index contributed by atoms with van der Waals surface area (Å²) in [6.45, 7) is 1.19. The zero-order chi connectivity index (χ0) is 18.1. The lowest BCUT2D eigenvalue weighted by atomic mass is 10.1. The Balaban J connectivity index is 1.40. The highest BCUT2D eigenvalue weighted by molar-refractivity contribution is 7.91. The van der Waals surface area contributed by atoms with Crippen LogP contribution in [0, 0.1) is 0 Å². The Morgan fingerprint density at radius 3 is 2.77 bits per heavy atom. The summed E-state index contributed by atoms with van der Waals surface area (Å²) in [7, 11) is -0.870. The van der Waals surface area contributed by atoms with Crippen LogP contribution in [-0.4, -0.2) is 49.5 Å². The number of benzene rings is 1. The molecule has 7 heteroatoms. The maximum Gasteiger partial charge on any atom is 0.257 e. The van der Waals surface area contributed by atoms with Crippen LogP contribution in [0.25, 0.3) is 0 Å². The second-order valence-corrected chi connectivity index (χ2v) is 9.17. The Labute approximate surface area is 153 Å². The number of ether oxygens (including phenoxy) is 2. The highest BCUT2D eigenvalue weighted by atomic mass is 32.2. The lowest BCUT2D eigenvalue weighted by Crippen LogP contribution is -2.32. The number of aromatic nitrogens is 1. The molecule has 6 nitrogen and oxygen atoms in total. The van der Waals surface area contributed by atoms with Crippen molar-refractivity contribution in [2.24, 2.45) is 0 Å². The fraction of sp³-hybridized carbons (Fsp3) is 0.421. The van der Waals surface area contributed by atoms with E-state index in [0.717, 1.165) is 24.1 Å². The van der Waals surface area contributed by atoms with Gasteiger partial charge in [0.15, 0.2) is 21.7 Å². The van der Waals surface area contributed by atoms with Gasteiger partial charge >= 0.3 is 0 Å². The molecule has 0 bridgehead atoms. The van der Waals surface area contributed by atoms with Crippen molar-refractivity contribution in [3.63, 3.8) is 0 Å². The number of nitrogens with zero attached hydrogens (tertiary/aromatic N) is 2. The first-order valence-corrected chi connectivity index (χ1v) is 10.6. The first-order chi connectivity index (χ1) is 12.5. The molecular formula is C19H22N2O4S. The van der Waals surface area contributed by atoms with Gasteiger partial charge in [-0.25, -0.2) is 13.4 Å². The molecule has 0 amide bonds. The van der Waals surface area contributed by atoms with Gasteiger partial charge in [0.1, 0.15) is 6.61 Å². The van der Waals surface area contributed by atoms with Gasteiger partial charge in [-0.05, 0) is 36.7 Å². The predicted molar refractivity (Wildman–Crippen MR) is 98.1 cm³/mol. The Bertz CT molecular complexity index is 883. The topological polar surface area (TPSA) is 68.7 Å². The molecule has 2 aliphatic heterocycles. The maximum atomic E-state index is 11.6. The van der Waals surface area contributed by atoms with E-state index in [1.165, 1.54) is 0 Å². The summed E-state index contributed by atoms with van der Waals surface area (Å²) in [5.74, 6) is 1.76. The van der Waals surface area contributed by atoms with Gasteiger partial charge < -0.3 is 9.47 Å². The van der Waals surface area contributed by atoms with Crippen LogP contribution in [0.2, 0.25) is 0 Å². The summed E-state index contributed by atoms with van der Waals surface area (Å²) in [5.41, 5.74) is 2.19. The third-order valence-electron chi connectivity index (χ3n) is 5.00. The molecule has 0 N–H and O–H groups in total. The number of fused-ring (bicyclic) bond motifs is 1. The third kappa shape index (κ3) is 3.68. The van der Waals surface area contributed by atoms with Gasteiger partial charge in [-0.1, -0.05) is 24.3 Å². The van der Waals surface area contributed by atoms with Gasteiger partial charge in [-0.2, -0.15) is 0 Å². The minimum Gasteiger partial charge on any atom is -0.484 e. The molecule has 1 fully saturated rings. The normalized spacial score (nSPS) is 23.9. The van der Waals surface area contributed by atoms with E-state index >= 15 is 0 Å². The van der Waals surface area contributed by atoms with Crippen LogP contribution >= 0.6 is 0 Å². The van der Waals surface area contributed by atoms with Crippen LogP contribution in [0.5, 0.6) is 11.6 Å². The lowest BCUT2D eigenvalue weighted by Gasteiger charge is -2.26. The van der Waals surface area contributed by atoms with Crippen molar-refractivity contribution in [2.75, 3.05) is 25.2 Å². The van der Waals surface area contributed by atoms with Gasteiger partial charge in [-0.15, -0.1) is 0 Å². The van der Waals surface area contributed by atoms with Gasteiger partial charge in [0.05, 0.1) is 11.5 Å². The molecular weight excluding hydrogens is 352 g/mol. The second-order valence-electron chi connectivity index (χ2n) is 6.94. The van der Waals surface area contributed by atoms with E-state index in [1.807, 2.05) is 31.3 Å². The Hall–Kier alpha value is -2.12. The van der Waals surface area contributed by atoms with Crippen molar-refractivity contribution in [3.05, 3.63) is 53.7 Å². The molecule has 26 heavy (non-hydrogen) atoms. The zero-order valence-corrected chi connectivity index (χ0v) is 15.5. The van der Waals surface area contributed by atoms with E-state index in [-0.39, 0.29) is 17.9 Å². The van der Waals surface area contributed by atoms with E-state index in [2.05, 4.69) is 22.0 Å². The first-order valence-electron chi connectivity index (χ1n) is 8.74. The predicted octanol–water partition coefficient (Wildman–Crippen LogP) is 2.21. The average Bonchev–Trinajstić information content (AvgIpc) is 3.02. The van der Waals surface area contributed by atoms with Gasteiger partial charge in [0.25, 0.3) is 5.88 Å². The van der Waals surface area contributed by atoms with Crippen molar-refractivity contribution in [1.29, 1.82) is 0 Å². The van der Waals surface area contributed by atoms with Crippen LogP contribution in [0.15, 0.2) is 42.6 Å². The lowest BCUT2D eigenvalue weighted by molar-refractivity contribution is 0.0851. The molecule has 2 aliphatic rings. The van der Waals surface area contributed by atoms with Crippen molar-refractivity contribution in [3.8, 4) is 11.6 Å². The summed E-state index contributed by atoms with van der Waals surface area (Å²) in [5, 5.41) is 0. The van der Waals surface area contributed by atoms with E-state index < -0.39 is 9.84 Å². The molecule has 0 radical (unpaired) electrons. The number of hydrogen-bond acceptors (Lipinski definition) is 6. The number of pyridine rings is 1. The fourth-order valence-corrected chi connectivity index (χ4v) is 5.26. The van der Waals surface area contributed by atoms with Crippen LogP contribution < -0.4 is 9.47 Å². The molecule has 2 aromatic rings. The number of sulfone groups is 1. The SMILES string of the molecule is CN(Cc1ccc(C2COc3cccnc3O2)cc1)C1CCS(=O)(=O)C1. The molecule has 4 rings (SSSR count). The fourth-order valence-electron chi connectivity index (χ4n) is 3.45. The highest BCUT2D eigenvalue weighted by Crippen LogP contribution is 2.34. The van der Waals surface area contributed by atoms with Crippen molar-refractivity contribution in [1.82, 2.24) is 9.88 Å². The van der Waals surface area contributed by atoms with Gasteiger partial charge in [0, 0.05) is 18.8 Å². The maximum absolute atomic E-state index is 11.6. The van der Waals surface area contributed by atoms with E-state index in [4.69, 9.17) is 9.47 Å². The Kier molecular flexibility index (Phi) is 4.58. The Morgan fingerprint density at radius 1 is 1.23 bits per heavy atom. The molecule has 3 heterocycles. The van der Waals surface area contributed by atoms with E-state index in [9.17, 15) is 8.42 Å². The smallest absolute Gasteiger partial charge is 0.257 e. The number of rotatable bonds is 4. The molecule has 0 saturated carbocycles. The quantitative estimate of drug-likeness (QED) is 0.817. The summed E-state index contributed by atoms with van der Waals surface area (Å²) in [6.07, 6.45) is 2.23. The van der Waals surface area contributed by atoms with Crippen molar-refractivity contribution in [2.45, 2.75) is 25.1 Å². The first kappa shape index (κ1) is 17.3. The van der Waals surface area contributed by atoms with Crippen molar-refractivity contribution >= 4 is 9.84 Å². The zero-order valence-electron chi connectivity index (χ0n) is 14.7. The second kappa shape index (κ2) is 6.89. The molecule has 1 saturated heterocycles. The van der Waals surface area contributed by atoms with Crippen LogP contribution in [0.1, 0.15) is 23.7 Å². The summed E-state index contributed by atoms with van der Waals surface area (Å²) < 4.78 is 34.9. The standard InChI is InChI=1S/C19H22N2O4S/c1-21(16-8-10-26(22,23)13-16)11-14-4-6-15(7-5-14)18-12-24-17-3-2-9-20-19(17)25-18/h2-7,9,16,18H,8,10-13H2,1H3. The minimum atomic E-state index is -2.86. The summed E-state index contributed by atoms with van der Waals surface area (Å²) in [6, 6.07) is 12.0. The van der Waals surface area contributed by atoms with Crippen molar-refractivity contribution < 1.29 is 17.9 Å². The molecule has 1 aromatic carbocycles. The molecule has 0 aliphatic carbocycles. The largest absolute Gasteiger partial charge is 0.484 e. The van der Waals surface area contributed by atoms with Gasteiger partial charge in [0.2, 0.25) is 0 Å². The van der Waals surface area contributed by atoms with E-state index in [1.54, 1.807) is 6.20 Å². The van der Waals surface area contributed by atoms with Crippen LogP contribution in [-0.2, 0) is 16.4 Å². The van der Waals surface area contributed by atoms with Crippen LogP contribution in [0.4, 0.5) is 0 Å². The molecule has 138 valence electrons. The molecule has 0 spiro atoms. The summed E-state index contributed by atoms with van der Waals surface area (Å²) in [4.78, 5) is 6.33. The number of hydrogen-bond donors (Lipinski definition) is 0. The minimum absolute atomic E-state index is 0.109. The average molecular weight is 374 g/mol. The molecule has 1 aromatic heterocycles. The third-order valence-corrected chi connectivity index (χ3v) is 6.75. The summed E-state index contributed by atoms with van der Waals surface area (Å²) >= 11 is 0.